The van der Waals surface area contributed by atoms with Crippen LogP contribution in [0.25, 0.3) is 10.9 Å². The standard InChI is InChI=1S/C24H31N3O/c1-17-8-10-18(11-9-17)12-20-13-21-22(14-23(20)28-2)26-16-27-24(21)25-15-19-6-4-3-5-7-19/h3-4,6,13-14,16-18H,5,7-12,15H2,1-2H3,(H,25,26,27). The van der Waals surface area contributed by atoms with Crippen molar-refractivity contribution in [3.05, 3.63) is 47.8 Å². The van der Waals surface area contributed by atoms with Gasteiger partial charge in [0, 0.05) is 18.0 Å². The molecule has 0 aliphatic heterocycles. The summed E-state index contributed by atoms with van der Waals surface area (Å²) in [6, 6.07) is 4.33. The number of benzene rings is 1. The van der Waals surface area contributed by atoms with Gasteiger partial charge in [-0.15, -0.1) is 0 Å². The Morgan fingerprint density at radius 1 is 1.14 bits per heavy atom. The van der Waals surface area contributed by atoms with Gasteiger partial charge in [0.2, 0.25) is 0 Å². The van der Waals surface area contributed by atoms with E-state index in [2.05, 4.69) is 52.6 Å². The summed E-state index contributed by atoms with van der Waals surface area (Å²) in [4.78, 5) is 9.02. The van der Waals surface area contributed by atoms with Gasteiger partial charge >= 0.3 is 0 Å². The quantitative estimate of drug-likeness (QED) is 0.702. The summed E-state index contributed by atoms with van der Waals surface area (Å²) in [5, 5.41) is 4.63. The van der Waals surface area contributed by atoms with E-state index in [1.54, 1.807) is 13.4 Å². The molecule has 1 heterocycles. The highest BCUT2D eigenvalue weighted by Crippen LogP contribution is 2.35. The zero-order chi connectivity index (χ0) is 19.3. The molecule has 1 N–H and O–H groups in total. The minimum absolute atomic E-state index is 0.753. The highest BCUT2D eigenvalue weighted by atomic mass is 16.5. The van der Waals surface area contributed by atoms with Gasteiger partial charge in [-0.3, -0.25) is 0 Å². The third-order valence-electron chi connectivity index (χ3n) is 6.26. The molecule has 2 aromatic rings. The first-order valence-corrected chi connectivity index (χ1v) is 10.6. The Balaban J connectivity index is 1.58. The summed E-state index contributed by atoms with van der Waals surface area (Å²) in [5.74, 6) is 3.50. The summed E-state index contributed by atoms with van der Waals surface area (Å²) in [6.07, 6.45) is 16.9. The lowest BCUT2D eigenvalue weighted by Crippen LogP contribution is -2.15. The van der Waals surface area contributed by atoms with E-state index in [-0.39, 0.29) is 0 Å². The summed E-state index contributed by atoms with van der Waals surface area (Å²) in [5.41, 5.74) is 3.64. The van der Waals surface area contributed by atoms with Gasteiger partial charge < -0.3 is 10.1 Å². The lowest BCUT2D eigenvalue weighted by Gasteiger charge is -2.26. The van der Waals surface area contributed by atoms with Gasteiger partial charge in [-0.25, -0.2) is 9.97 Å². The van der Waals surface area contributed by atoms with Gasteiger partial charge in [0.1, 0.15) is 17.9 Å². The first-order valence-electron chi connectivity index (χ1n) is 10.6. The number of anilines is 1. The monoisotopic (exact) mass is 377 g/mol. The van der Waals surface area contributed by atoms with Crippen LogP contribution in [0.2, 0.25) is 0 Å². The SMILES string of the molecule is COc1cc2ncnc(NCC3=CC=CCC3)c2cc1CC1CCC(C)CC1. The number of ether oxygens (including phenoxy) is 1. The van der Waals surface area contributed by atoms with E-state index in [0.717, 1.165) is 60.1 Å². The first-order chi connectivity index (χ1) is 13.7. The summed E-state index contributed by atoms with van der Waals surface area (Å²) >= 11 is 0. The molecule has 1 aromatic carbocycles. The third kappa shape index (κ3) is 4.37. The van der Waals surface area contributed by atoms with E-state index >= 15 is 0 Å². The van der Waals surface area contributed by atoms with E-state index in [1.165, 1.54) is 36.8 Å². The molecule has 1 fully saturated rings. The smallest absolute Gasteiger partial charge is 0.137 e. The molecule has 0 atom stereocenters. The van der Waals surface area contributed by atoms with E-state index in [9.17, 15) is 0 Å². The number of fused-ring (bicyclic) bond motifs is 1. The Labute approximate surface area is 168 Å². The fourth-order valence-electron chi connectivity index (χ4n) is 4.46. The second-order valence-electron chi connectivity index (χ2n) is 8.38. The normalized spacial score (nSPS) is 22.1. The van der Waals surface area contributed by atoms with Gasteiger partial charge in [0.15, 0.2) is 0 Å². The van der Waals surface area contributed by atoms with Gasteiger partial charge in [0.05, 0.1) is 12.6 Å². The predicted molar refractivity (Wildman–Crippen MR) is 116 cm³/mol. The fraction of sp³-hybridized carbons (Fsp3) is 0.500. The van der Waals surface area contributed by atoms with Crippen molar-refractivity contribution in [1.29, 1.82) is 0 Å². The summed E-state index contributed by atoms with van der Waals surface area (Å²) in [6.45, 7) is 3.21. The molecule has 28 heavy (non-hydrogen) atoms. The number of hydrogen-bond acceptors (Lipinski definition) is 4. The average molecular weight is 378 g/mol. The molecule has 0 amide bonds. The highest BCUT2D eigenvalue weighted by Gasteiger charge is 2.20. The highest BCUT2D eigenvalue weighted by molar-refractivity contribution is 5.90. The maximum Gasteiger partial charge on any atom is 0.137 e. The molecule has 4 nitrogen and oxygen atoms in total. The first kappa shape index (κ1) is 19.0. The summed E-state index contributed by atoms with van der Waals surface area (Å²) < 4.78 is 5.71. The van der Waals surface area contributed by atoms with Gasteiger partial charge in [-0.05, 0) is 55.6 Å². The maximum absolute atomic E-state index is 5.71. The number of nitrogens with zero attached hydrogens (tertiary/aromatic N) is 2. The molecule has 2 aliphatic rings. The van der Waals surface area contributed by atoms with Crippen molar-refractivity contribution in [3.63, 3.8) is 0 Å². The number of methoxy groups -OCH3 is 1. The van der Waals surface area contributed by atoms with Crippen LogP contribution < -0.4 is 10.1 Å². The molecule has 1 saturated carbocycles. The molecular formula is C24H31N3O. The molecule has 4 rings (SSSR count). The zero-order valence-corrected chi connectivity index (χ0v) is 17.1. The van der Waals surface area contributed by atoms with Crippen molar-refractivity contribution in [1.82, 2.24) is 9.97 Å². The Hall–Kier alpha value is -2.36. The van der Waals surface area contributed by atoms with Gasteiger partial charge in [-0.2, -0.15) is 0 Å². The Morgan fingerprint density at radius 2 is 2.00 bits per heavy atom. The van der Waals surface area contributed by atoms with Crippen LogP contribution in [0.3, 0.4) is 0 Å². The van der Waals surface area contributed by atoms with Crippen LogP contribution in [0.4, 0.5) is 5.82 Å². The van der Waals surface area contributed by atoms with E-state index in [1.807, 2.05) is 0 Å². The lowest BCUT2D eigenvalue weighted by atomic mass is 9.80. The predicted octanol–water partition coefficient (Wildman–Crippen LogP) is 5.70. The number of aromatic nitrogens is 2. The molecule has 0 unspecified atom stereocenters. The molecule has 4 heteroatoms. The van der Waals surface area contributed by atoms with E-state index < -0.39 is 0 Å². The largest absolute Gasteiger partial charge is 0.496 e. The Kier molecular flexibility index (Phi) is 5.94. The van der Waals surface area contributed by atoms with Crippen molar-refractivity contribution in [2.24, 2.45) is 11.8 Å². The van der Waals surface area contributed by atoms with Crippen LogP contribution in [-0.4, -0.2) is 23.6 Å². The van der Waals surface area contributed by atoms with Crippen LogP contribution in [-0.2, 0) is 6.42 Å². The lowest BCUT2D eigenvalue weighted by molar-refractivity contribution is 0.286. The minimum atomic E-state index is 0.753. The van der Waals surface area contributed by atoms with Crippen molar-refractivity contribution in [2.75, 3.05) is 19.0 Å². The number of hydrogen-bond donors (Lipinski definition) is 1. The fourth-order valence-corrected chi connectivity index (χ4v) is 4.46. The topological polar surface area (TPSA) is 47.0 Å². The number of allylic oxidation sites excluding steroid dienone is 3. The van der Waals surface area contributed by atoms with E-state index in [4.69, 9.17) is 4.74 Å². The van der Waals surface area contributed by atoms with Gasteiger partial charge in [-0.1, -0.05) is 43.6 Å². The van der Waals surface area contributed by atoms with Crippen molar-refractivity contribution < 1.29 is 4.74 Å². The Bertz CT molecular complexity index is 879. The second kappa shape index (κ2) is 8.76. The minimum Gasteiger partial charge on any atom is -0.496 e. The van der Waals surface area contributed by atoms with Crippen molar-refractivity contribution in [2.45, 2.75) is 51.9 Å². The van der Waals surface area contributed by atoms with Gasteiger partial charge in [0.25, 0.3) is 0 Å². The number of nitrogens with one attached hydrogen (secondary N) is 1. The van der Waals surface area contributed by atoms with Crippen LogP contribution >= 0.6 is 0 Å². The Morgan fingerprint density at radius 3 is 2.75 bits per heavy atom. The molecule has 1 aromatic heterocycles. The van der Waals surface area contributed by atoms with Crippen molar-refractivity contribution >= 4 is 16.7 Å². The van der Waals surface area contributed by atoms with Crippen molar-refractivity contribution in [3.8, 4) is 5.75 Å². The average Bonchev–Trinajstić information content (AvgIpc) is 2.74. The molecule has 0 spiro atoms. The molecule has 2 aliphatic carbocycles. The van der Waals surface area contributed by atoms with Crippen LogP contribution in [0, 0.1) is 11.8 Å². The molecule has 0 radical (unpaired) electrons. The van der Waals surface area contributed by atoms with Crippen LogP contribution in [0.1, 0.15) is 51.0 Å². The molecule has 0 bridgehead atoms. The second-order valence-corrected chi connectivity index (χ2v) is 8.38. The molecule has 0 saturated heterocycles. The van der Waals surface area contributed by atoms with Crippen LogP contribution in [0.5, 0.6) is 5.75 Å². The summed E-state index contributed by atoms with van der Waals surface area (Å²) in [7, 11) is 1.76. The molecule has 148 valence electrons. The number of rotatable bonds is 6. The van der Waals surface area contributed by atoms with E-state index in [0.29, 0.717) is 0 Å². The molecular weight excluding hydrogens is 346 g/mol. The maximum atomic E-state index is 5.71. The van der Waals surface area contributed by atoms with Crippen LogP contribution in [0.15, 0.2) is 42.3 Å². The zero-order valence-electron chi connectivity index (χ0n) is 17.1. The third-order valence-corrected chi connectivity index (χ3v) is 6.26.